The third kappa shape index (κ3) is 3.93. The van der Waals surface area contributed by atoms with Gasteiger partial charge in [0.05, 0.1) is 5.02 Å². The van der Waals surface area contributed by atoms with Crippen molar-refractivity contribution in [2.45, 2.75) is 30.3 Å². The van der Waals surface area contributed by atoms with Crippen LogP contribution in [0.5, 0.6) is 0 Å². The number of sulfonamides is 1. The lowest BCUT2D eigenvalue weighted by Crippen LogP contribution is -2.39. The minimum absolute atomic E-state index is 0.0854. The molecule has 0 spiro atoms. The van der Waals surface area contributed by atoms with Gasteiger partial charge in [-0.1, -0.05) is 17.7 Å². The van der Waals surface area contributed by atoms with Crippen LogP contribution in [-0.4, -0.2) is 34.7 Å². The largest absolute Gasteiger partial charge is 0.381 e. The molecule has 1 aliphatic rings. The molecule has 1 saturated heterocycles. The first-order valence-corrected chi connectivity index (χ1v) is 8.42. The van der Waals surface area contributed by atoms with Crippen LogP contribution >= 0.6 is 11.6 Å². The van der Waals surface area contributed by atoms with Crippen molar-refractivity contribution in [2.24, 2.45) is 0 Å². The molecule has 1 fully saturated rings. The number of hydrogen-bond acceptors (Lipinski definition) is 4. The number of nitrogens with one attached hydrogen (secondary N) is 2. The predicted octanol–water partition coefficient (Wildman–Crippen LogP) is 1.52. The van der Waals surface area contributed by atoms with Crippen LogP contribution in [0.25, 0.3) is 0 Å². The molecule has 0 unspecified atom stereocenters. The summed E-state index contributed by atoms with van der Waals surface area (Å²) in [7, 11) is -1.79. The van der Waals surface area contributed by atoms with Crippen LogP contribution < -0.4 is 10.0 Å². The van der Waals surface area contributed by atoms with Gasteiger partial charge in [-0.05, 0) is 37.6 Å². The van der Waals surface area contributed by atoms with E-state index in [0.717, 1.165) is 5.56 Å². The molecule has 20 heavy (non-hydrogen) atoms. The minimum Gasteiger partial charge on any atom is -0.381 e. The number of benzene rings is 1. The molecule has 5 nitrogen and oxygen atoms in total. The van der Waals surface area contributed by atoms with E-state index in [-0.39, 0.29) is 16.0 Å². The maximum absolute atomic E-state index is 12.4. The number of ether oxygens (including phenoxy) is 1. The highest BCUT2D eigenvalue weighted by molar-refractivity contribution is 7.89. The third-order valence-electron chi connectivity index (χ3n) is 3.21. The quantitative estimate of drug-likeness (QED) is 0.863. The van der Waals surface area contributed by atoms with Crippen LogP contribution in [-0.2, 0) is 21.3 Å². The van der Waals surface area contributed by atoms with E-state index in [1.54, 1.807) is 12.1 Å². The van der Waals surface area contributed by atoms with Gasteiger partial charge in [0.25, 0.3) is 0 Å². The predicted molar refractivity (Wildman–Crippen MR) is 78.4 cm³/mol. The zero-order valence-corrected chi connectivity index (χ0v) is 12.9. The third-order valence-corrected chi connectivity index (χ3v) is 5.21. The first-order chi connectivity index (χ1) is 9.53. The minimum atomic E-state index is -3.60. The summed E-state index contributed by atoms with van der Waals surface area (Å²) in [6, 6.07) is 4.96. The standard InChI is InChI=1S/C13H19ClN2O3S/c1-15-9-10-2-3-12(14)13(8-10)20(17,18)16-11-4-6-19-7-5-11/h2-3,8,11,15-16H,4-7,9H2,1H3. The van der Waals surface area contributed by atoms with Crippen molar-refractivity contribution in [3.8, 4) is 0 Å². The van der Waals surface area contributed by atoms with Gasteiger partial charge >= 0.3 is 0 Å². The first-order valence-electron chi connectivity index (χ1n) is 6.56. The molecule has 0 aliphatic carbocycles. The lowest BCUT2D eigenvalue weighted by molar-refractivity contribution is 0.0832. The van der Waals surface area contributed by atoms with Crippen LogP contribution in [0.2, 0.25) is 5.02 Å². The van der Waals surface area contributed by atoms with Crippen LogP contribution in [0, 0.1) is 0 Å². The van der Waals surface area contributed by atoms with E-state index < -0.39 is 10.0 Å². The highest BCUT2D eigenvalue weighted by Crippen LogP contribution is 2.23. The summed E-state index contributed by atoms with van der Waals surface area (Å²) in [6.45, 7) is 1.76. The van der Waals surface area contributed by atoms with Crippen molar-refractivity contribution in [1.82, 2.24) is 10.0 Å². The Morgan fingerprint density at radius 3 is 2.70 bits per heavy atom. The van der Waals surface area contributed by atoms with Gasteiger partial charge in [0.1, 0.15) is 4.90 Å². The van der Waals surface area contributed by atoms with Gasteiger partial charge in [-0.2, -0.15) is 0 Å². The van der Waals surface area contributed by atoms with E-state index >= 15 is 0 Å². The van der Waals surface area contributed by atoms with Crippen molar-refractivity contribution in [3.05, 3.63) is 28.8 Å². The normalized spacial score (nSPS) is 17.3. The van der Waals surface area contributed by atoms with Crippen molar-refractivity contribution in [3.63, 3.8) is 0 Å². The molecule has 112 valence electrons. The van der Waals surface area contributed by atoms with E-state index in [0.29, 0.717) is 32.6 Å². The summed E-state index contributed by atoms with van der Waals surface area (Å²) in [5.74, 6) is 0. The molecule has 1 aromatic rings. The fourth-order valence-corrected chi connectivity index (χ4v) is 4.02. The Morgan fingerprint density at radius 1 is 1.35 bits per heavy atom. The molecule has 1 aromatic carbocycles. The maximum Gasteiger partial charge on any atom is 0.242 e. The molecule has 2 N–H and O–H groups in total. The van der Waals surface area contributed by atoms with E-state index in [1.165, 1.54) is 0 Å². The Bertz CT molecular complexity index is 557. The molecule has 0 bridgehead atoms. The van der Waals surface area contributed by atoms with E-state index in [2.05, 4.69) is 10.0 Å². The van der Waals surface area contributed by atoms with E-state index in [9.17, 15) is 8.42 Å². The van der Waals surface area contributed by atoms with E-state index in [1.807, 2.05) is 13.1 Å². The van der Waals surface area contributed by atoms with Crippen LogP contribution in [0.3, 0.4) is 0 Å². The van der Waals surface area contributed by atoms with Gasteiger partial charge in [-0.15, -0.1) is 0 Å². The summed E-state index contributed by atoms with van der Waals surface area (Å²) in [6.07, 6.45) is 1.38. The molecule has 0 radical (unpaired) electrons. The van der Waals surface area contributed by atoms with Gasteiger partial charge in [-0.25, -0.2) is 13.1 Å². The van der Waals surface area contributed by atoms with Gasteiger partial charge in [0, 0.05) is 25.8 Å². The molecule has 0 amide bonds. The average Bonchev–Trinajstić information content (AvgIpc) is 2.42. The van der Waals surface area contributed by atoms with Crippen LogP contribution in [0.4, 0.5) is 0 Å². The van der Waals surface area contributed by atoms with Gasteiger partial charge in [0.15, 0.2) is 0 Å². The molecule has 1 heterocycles. The first kappa shape index (κ1) is 15.7. The molecule has 1 aliphatic heterocycles. The summed E-state index contributed by atoms with van der Waals surface area (Å²) in [5.41, 5.74) is 0.879. The Kier molecular flexibility index (Phi) is 5.40. The van der Waals surface area contributed by atoms with Gasteiger partial charge in [-0.3, -0.25) is 0 Å². The summed E-state index contributed by atoms with van der Waals surface area (Å²) in [4.78, 5) is 0.137. The fourth-order valence-electron chi connectivity index (χ4n) is 2.17. The fraction of sp³-hybridized carbons (Fsp3) is 0.538. The number of rotatable bonds is 5. The molecule has 0 aromatic heterocycles. The maximum atomic E-state index is 12.4. The molecular formula is C13H19ClN2O3S. The Labute approximate surface area is 124 Å². The molecular weight excluding hydrogens is 300 g/mol. The molecule has 2 rings (SSSR count). The van der Waals surface area contributed by atoms with Crippen molar-refractivity contribution in [1.29, 1.82) is 0 Å². The second-order valence-corrected chi connectivity index (χ2v) is 6.89. The number of hydrogen-bond donors (Lipinski definition) is 2. The Morgan fingerprint density at radius 2 is 2.05 bits per heavy atom. The average molecular weight is 319 g/mol. The topological polar surface area (TPSA) is 67.4 Å². The van der Waals surface area contributed by atoms with Crippen LogP contribution in [0.15, 0.2) is 23.1 Å². The highest BCUT2D eigenvalue weighted by Gasteiger charge is 2.24. The lowest BCUT2D eigenvalue weighted by atomic mass is 10.1. The zero-order chi connectivity index (χ0) is 14.6. The van der Waals surface area contributed by atoms with Crippen molar-refractivity contribution in [2.75, 3.05) is 20.3 Å². The molecule has 0 atom stereocenters. The second kappa shape index (κ2) is 6.87. The van der Waals surface area contributed by atoms with Gasteiger partial charge in [0.2, 0.25) is 10.0 Å². The lowest BCUT2D eigenvalue weighted by Gasteiger charge is -2.23. The van der Waals surface area contributed by atoms with E-state index in [4.69, 9.17) is 16.3 Å². The monoisotopic (exact) mass is 318 g/mol. The SMILES string of the molecule is CNCc1ccc(Cl)c(S(=O)(=O)NC2CCOCC2)c1. The van der Waals surface area contributed by atoms with Crippen molar-refractivity contribution >= 4 is 21.6 Å². The highest BCUT2D eigenvalue weighted by atomic mass is 35.5. The van der Waals surface area contributed by atoms with Crippen LogP contribution in [0.1, 0.15) is 18.4 Å². The summed E-state index contributed by atoms with van der Waals surface area (Å²) in [5, 5.41) is 3.23. The van der Waals surface area contributed by atoms with Gasteiger partial charge < -0.3 is 10.1 Å². The molecule has 7 heteroatoms. The molecule has 0 saturated carbocycles. The second-order valence-electron chi connectivity index (χ2n) is 4.80. The summed E-state index contributed by atoms with van der Waals surface area (Å²) >= 11 is 6.03. The zero-order valence-electron chi connectivity index (χ0n) is 11.4. The smallest absolute Gasteiger partial charge is 0.242 e. The summed E-state index contributed by atoms with van der Waals surface area (Å²) < 4.78 is 32.8. The Hall–Kier alpha value is -0.660. The Balaban J connectivity index is 2.21. The van der Waals surface area contributed by atoms with Crippen molar-refractivity contribution < 1.29 is 13.2 Å². The number of halogens is 1.